The largest absolute Gasteiger partial charge is 0.426 e. The molecule has 0 bridgehead atoms. The van der Waals surface area contributed by atoms with Crippen molar-refractivity contribution in [1.82, 2.24) is 10.6 Å². The fraction of sp³-hybridized carbons (Fsp3) is 0.400. The predicted molar refractivity (Wildman–Crippen MR) is 82.1 cm³/mol. The SMILES string of the molecule is NC(=O)N1CNC(=O)c2ccc(OC(=O)C3CCCNC3)cc21. The molecule has 2 aliphatic rings. The van der Waals surface area contributed by atoms with Crippen LogP contribution >= 0.6 is 0 Å². The number of nitrogens with one attached hydrogen (secondary N) is 2. The van der Waals surface area contributed by atoms with Gasteiger partial charge in [0.1, 0.15) is 5.75 Å². The highest BCUT2D eigenvalue weighted by Crippen LogP contribution is 2.29. The molecule has 23 heavy (non-hydrogen) atoms. The lowest BCUT2D eigenvalue weighted by Gasteiger charge is -2.28. The molecule has 1 aromatic rings. The average molecular weight is 318 g/mol. The van der Waals surface area contributed by atoms with Gasteiger partial charge in [0.2, 0.25) is 0 Å². The van der Waals surface area contributed by atoms with Crippen LogP contribution in [0.3, 0.4) is 0 Å². The van der Waals surface area contributed by atoms with Crippen molar-refractivity contribution in [1.29, 1.82) is 0 Å². The summed E-state index contributed by atoms with van der Waals surface area (Å²) in [6, 6.07) is 3.86. The van der Waals surface area contributed by atoms with E-state index in [-0.39, 0.29) is 24.5 Å². The number of carbonyl (C=O) groups excluding carboxylic acids is 3. The number of rotatable bonds is 2. The van der Waals surface area contributed by atoms with Crippen molar-refractivity contribution in [2.75, 3.05) is 24.7 Å². The first kappa shape index (κ1) is 15.3. The lowest BCUT2D eigenvalue weighted by Crippen LogP contribution is -2.48. The molecule has 1 saturated heterocycles. The third-order valence-electron chi connectivity index (χ3n) is 4.02. The van der Waals surface area contributed by atoms with Crippen molar-refractivity contribution in [3.8, 4) is 5.75 Å². The zero-order chi connectivity index (χ0) is 16.4. The van der Waals surface area contributed by atoms with E-state index < -0.39 is 6.03 Å². The highest BCUT2D eigenvalue weighted by Gasteiger charge is 2.27. The molecule has 2 heterocycles. The van der Waals surface area contributed by atoms with Gasteiger partial charge >= 0.3 is 12.0 Å². The van der Waals surface area contributed by atoms with E-state index in [2.05, 4.69) is 10.6 Å². The molecule has 1 fully saturated rings. The first-order valence-corrected chi connectivity index (χ1v) is 7.48. The van der Waals surface area contributed by atoms with E-state index in [1.54, 1.807) is 0 Å². The Bertz CT molecular complexity index is 655. The highest BCUT2D eigenvalue weighted by molar-refractivity contribution is 6.07. The van der Waals surface area contributed by atoms with Gasteiger partial charge in [0.25, 0.3) is 5.91 Å². The number of hydrogen-bond donors (Lipinski definition) is 3. The van der Waals surface area contributed by atoms with Crippen LogP contribution in [0.2, 0.25) is 0 Å². The van der Waals surface area contributed by atoms with Crippen LogP contribution in [0, 0.1) is 5.92 Å². The quantitative estimate of drug-likeness (QED) is 0.531. The minimum atomic E-state index is -0.689. The molecule has 0 radical (unpaired) electrons. The second-order valence-electron chi connectivity index (χ2n) is 5.57. The van der Waals surface area contributed by atoms with Crippen molar-refractivity contribution < 1.29 is 19.1 Å². The number of ether oxygens (including phenoxy) is 1. The van der Waals surface area contributed by atoms with Crippen molar-refractivity contribution in [3.05, 3.63) is 23.8 Å². The van der Waals surface area contributed by atoms with E-state index in [9.17, 15) is 14.4 Å². The molecule has 0 spiro atoms. The summed E-state index contributed by atoms with van der Waals surface area (Å²) < 4.78 is 5.39. The van der Waals surface area contributed by atoms with E-state index in [0.717, 1.165) is 19.4 Å². The Hall–Kier alpha value is -2.61. The fourth-order valence-corrected chi connectivity index (χ4v) is 2.77. The average Bonchev–Trinajstić information content (AvgIpc) is 2.55. The normalized spacial score (nSPS) is 20.4. The molecule has 122 valence electrons. The van der Waals surface area contributed by atoms with E-state index in [4.69, 9.17) is 10.5 Å². The molecule has 0 aliphatic carbocycles. The van der Waals surface area contributed by atoms with Gasteiger partial charge in [0.05, 0.1) is 23.8 Å². The Labute approximate surface area is 133 Å². The summed E-state index contributed by atoms with van der Waals surface area (Å²) in [7, 11) is 0. The number of fused-ring (bicyclic) bond motifs is 1. The highest BCUT2D eigenvalue weighted by atomic mass is 16.5. The van der Waals surface area contributed by atoms with Gasteiger partial charge in [-0.15, -0.1) is 0 Å². The van der Waals surface area contributed by atoms with Crippen molar-refractivity contribution in [3.63, 3.8) is 0 Å². The summed E-state index contributed by atoms with van der Waals surface area (Å²) in [6.07, 6.45) is 1.71. The first-order valence-electron chi connectivity index (χ1n) is 7.48. The van der Waals surface area contributed by atoms with Gasteiger partial charge in [-0.3, -0.25) is 14.5 Å². The number of piperidine rings is 1. The fourth-order valence-electron chi connectivity index (χ4n) is 2.77. The molecular formula is C15H18N4O4. The van der Waals surface area contributed by atoms with Crippen LogP contribution in [0.25, 0.3) is 0 Å². The van der Waals surface area contributed by atoms with E-state index in [1.165, 1.54) is 23.1 Å². The number of hydrogen-bond acceptors (Lipinski definition) is 5. The topological polar surface area (TPSA) is 114 Å². The van der Waals surface area contributed by atoms with Crippen LogP contribution in [-0.2, 0) is 4.79 Å². The van der Waals surface area contributed by atoms with Crippen LogP contribution in [0.1, 0.15) is 23.2 Å². The number of nitrogens with two attached hydrogens (primary N) is 1. The zero-order valence-corrected chi connectivity index (χ0v) is 12.5. The van der Waals surface area contributed by atoms with Gasteiger partial charge in [0, 0.05) is 12.6 Å². The Kier molecular flexibility index (Phi) is 4.16. The van der Waals surface area contributed by atoms with Crippen molar-refractivity contribution in [2.24, 2.45) is 11.7 Å². The third-order valence-corrected chi connectivity index (χ3v) is 4.02. The smallest absolute Gasteiger partial charge is 0.320 e. The lowest BCUT2D eigenvalue weighted by atomic mass is 10.00. The van der Waals surface area contributed by atoms with Gasteiger partial charge in [0.15, 0.2) is 0 Å². The van der Waals surface area contributed by atoms with Gasteiger partial charge in [-0.25, -0.2) is 4.79 Å². The molecule has 3 rings (SSSR count). The monoisotopic (exact) mass is 318 g/mol. The Morgan fingerprint density at radius 2 is 2.17 bits per heavy atom. The minimum absolute atomic E-state index is 0.00882. The number of urea groups is 1. The van der Waals surface area contributed by atoms with Gasteiger partial charge < -0.3 is 21.1 Å². The number of anilines is 1. The van der Waals surface area contributed by atoms with Gasteiger partial charge in [-0.2, -0.15) is 0 Å². The molecular weight excluding hydrogens is 300 g/mol. The van der Waals surface area contributed by atoms with Crippen LogP contribution in [0.4, 0.5) is 10.5 Å². The Morgan fingerprint density at radius 1 is 1.35 bits per heavy atom. The van der Waals surface area contributed by atoms with E-state index in [1.807, 2.05) is 0 Å². The molecule has 1 unspecified atom stereocenters. The van der Waals surface area contributed by atoms with Crippen LogP contribution in [0.15, 0.2) is 18.2 Å². The second kappa shape index (κ2) is 6.25. The van der Waals surface area contributed by atoms with Crippen molar-refractivity contribution >= 4 is 23.6 Å². The molecule has 1 aromatic carbocycles. The summed E-state index contributed by atoms with van der Waals surface area (Å²) in [5.41, 5.74) is 5.97. The van der Waals surface area contributed by atoms with Gasteiger partial charge in [-0.1, -0.05) is 0 Å². The number of carbonyl (C=O) groups is 3. The standard InChI is InChI=1S/C15H18N4O4/c16-15(22)19-8-18-13(20)11-4-3-10(6-12(11)19)23-14(21)9-2-1-5-17-7-9/h3-4,6,9,17H,1-2,5,7-8H2,(H2,16,22)(H,18,20). The molecule has 0 saturated carbocycles. The number of primary amides is 1. The Balaban J connectivity index is 1.81. The van der Waals surface area contributed by atoms with Crippen molar-refractivity contribution in [2.45, 2.75) is 12.8 Å². The molecule has 8 heteroatoms. The van der Waals surface area contributed by atoms with Crippen LogP contribution in [-0.4, -0.2) is 37.7 Å². The molecule has 4 N–H and O–H groups in total. The summed E-state index contributed by atoms with van der Waals surface area (Å²) in [5.74, 6) is -0.509. The molecule has 2 aliphatic heterocycles. The molecule has 3 amide bonds. The molecule has 0 aromatic heterocycles. The third kappa shape index (κ3) is 3.11. The number of amides is 3. The minimum Gasteiger partial charge on any atom is -0.426 e. The predicted octanol–water partition coefficient (Wildman–Crippen LogP) is 0.178. The summed E-state index contributed by atoms with van der Waals surface area (Å²) in [6.45, 7) is 1.50. The zero-order valence-electron chi connectivity index (χ0n) is 12.5. The number of nitrogens with zero attached hydrogens (tertiary/aromatic N) is 1. The number of esters is 1. The lowest BCUT2D eigenvalue weighted by molar-refractivity contribution is -0.139. The molecule has 1 atom stereocenters. The first-order chi connectivity index (χ1) is 11.1. The van der Waals surface area contributed by atoms with Crippen LogP contribution in [0.5, 0.6) is 5.75 Å². The number of benzene rings is 1. The maximum atomic E-state index is 12.2. The summed E-state index contributed by atoms with van der Waals surface area (Å²) in [4.78, 5) is 36.7. The Morgan fingerprint density at radius 3 is 2.87 bits per heavy atom. The second-order valence-corrected chi connectivity index (χ2v) is 5.57. The summed E-state index contributed by atoms with van der Waals surface area (Å²) >= 11 is 0. The summed E-state index contributed by atoms with van der Waals surface area (Å²) in [5, 5.41) is 5.71. The van der Waals surface area contributed by atoms with Crippen LogP contribution < -0.4 is 26.0 Å². The van der Waals surface area contributed by atoms with E-state index in [0.29, 0.717) is 23.5 Å². The molecule has 8 nitrogen and oxygen atoms in total. The maximum absolute atomic E-state index is 12.2. The van der Waals surface area contributed by atoms with E-state index >= 15 is 0 Å². The van der Waals surface area contributed by atoms with Gasteiger partial charge in [-0.05, 0) is 31.5 Å². The maximum Gasteiger partial charge on any atom is 0.320 e.